The number of hydrogen-bond acceptors (Lipinski definition) is 9. The summed E-state index contributed by atoms with van der Waals surface area (Å²) in [5, 5.41) is 9.64. The van der Waals surface area contributed by atoms with Crippen molar-refractivity contribution in [3.05, 3.63) is 52.6 Å². The molecule has 1 aliphatic carbocycles. The Morgan fingerprint density at radius 2 is 1.79 bits per heavy atom. The first-order valence-corrected chi connectivity index (χ1v) is 11.4. The molecule has 0 radical (unpaired) electrons. The number of fused-ring (bicyclic) bond motifs is 1. The molecule has 2 aromatic carbocycles. The lowest BCUT2D eigenvalue weighted by Gasteiger charge is -2.12. The Kier molecular flexibility index (Phi) is 5.67. The van der Waals surface area contributed by atoms with E-state index in [0.29, 0.717) is 56.4 Å². The number of ether oxygens (including phenoxy) is 3. The Bertz CT molecular complexity index is 1350. The van der Waals surface area contributed by atoms with Crippen molar-refractivity contribution in [3.8, 4) is 28.7 Å². The van der Waals surface area contributed by atoms with Gasteiger partial charge < -0.3 is 18.6 Å². The summed E-state index contributed by atoms with van der Waals surface area (Å²) in [6, 6.07) is 11.1. The molecule has 0 aliphatic heterocycles. The van der Waals surface area contributed by atoms with Crippen LogP contribution >= 0.6 is 11.8 Å². The van der Waals surface area contributed by atoms with Crippen LogP contribution in [0.4, 0.5) is 0 Å². The molecule has 0 amide bonds. The van der Waals surface area contributed by atoms with Gasteiger partial charge in [-0.3, -0.25) is 9.36 Å². The summed E-state index contributed by atoms with van der Waals surface area (Å²) in [6.07, 6.45) is 1.97. The largest absolute Gasteiger partial charge is 0.493 e. The molecular weight excluding hydrogens is 444 g/mol. The Morgan fingerprint density at radius 3 is 2.45 bits per heavy atom. The Morgan fingerprint density at radius 1 is 1.06 bits per heavy atom. The Balaban J connectivity index is 1.42. The number of para-hydroxylation sites is 1. The molecule has 33 heavy (non-hydrogen) atoms. The van der Waals surface area contributed by atoms with Crippen LogP contribution in [-0.4, -0.2) is 41.1 Å². The van der Waals surface area contributed by atoms with Gasteiger partial charge >= 0.3 is 0 Å². The fourth-order valence-electron chi connectivity index (χ4n) is 3.64. The van der Waals surface area contributed by atoms with Crippen molar-refractivity contribution in [1.82, 2.24) is 19.7 Å². The predicted molar refractivity (Wildman–Crippen MR) is 123 cm³/mol. The number of nitrogens with zero attached hydrogens (tertiary/aromatic N) is 4. The summed E-state index contributed by atoms with van der Waals surface area (Å²) in [7, 11) is 4.64. The van der Waals surface area contributed by atoms with Crippen LogP contribution in [-0.2, 0) is 5.75 Å². The molecule has 1 fully saturated rings. The smallest absolute Gasteiger partial charge is 0.262 e. The van der Waals surface area contributed by atoms with Gasteiger partial charge in [0.2, 0.25) is 17.5 Å². The Labute approximate surface area is 193 Å². The topological polar surface area (TPSA) is 102 Å². The van der Waals surface area contributed by atoms with E-state index in [1.54, 1.807) is 38.0 Å². The number of rotatable bonds is 8. The molecule has 0 unspecified atom stereocenters. The van der Waals surface area contributed by atoms with Crippen molar-refractivity contribution < 1.29 is 18.6 Å². The monoisotopic (exact) mass is 466 g/mol. The third-order valence-electron chi connectivity index (χ3n) is 5.39. The van der Waals surface area contributed by atoms with Crippen molar-refractivity contribution in [2.75, 3.05) is 21.3 Å². The highest BCUT2D eigenvalue weighted by Crippen LogP contribution is 2.41. The van der Waals surface area contributed by atoms with Crippen LogP contribution in [0.25, 0.3) is 22.4 Å². The second kappa shape index (κ2) is 8.78. The molecule has 0 spiro atoms. The molecule has 170 valence electrons. The van der Waals surface area contributed by atoms with Gasteiger partial charge in [0.05, 0.1) is 38.0 Å². The molecule has 5 rings (SSSR count). The molecule has 2 heterocycles. The summed E-state index contributed by atoms with van der Waals surface area (Å²) in [4.78, 5) is 17.8. The highest BCUT2D eigenvalue weighted by atomic mass is 32.2. The zero-order chi connectivity index (χ0) is 22.9. The second-order valence-electron chi connectivity index (χ2n) is 7.52. The third-order valence-corrected chi connectivity index (χ3v) is 6.33. The van der Waals surface area contributed by atoms with Gasteiger partial charge in [-0.05, 0) is 37.1 Å². The van der Waals surface area contributed by atoms with E-state index in [-0.39, 0.29) is 11.6 Å². The van der Waals surface area contributed by atoms with Crippen molar-refractivity contribution in [2.24, 2.45) is 0 Å². The van der Waals surface area contributed by atoms with Gasteiger partial charge in [0.15, 0.2) is 16.7 Å². The minimum absolute atomic E-state index is 0.00533. The van der Waals surface area contributed by atoms with Gasteiger partial charge in [0, 0.05) is 11.6 Å². The first-order chi connectivity index (χ1) is 16.1. The molecule has 0 N–H and O–H groups in total. The van der Waals surface area contributed by atoms with E-state index in [0.717, 1.165) is 12.8 Å². The third kappa shape index (κ3) is 4.02. The summed E-state index contributed by atoms with van der Waals surface area (Å²) in [5.74, 6) is 2.61. The quantitative estimate of drug-likeness (QED) is 0.280. The molecule has 1 saturated carbocycles. The van der Waals surface area contributed by atoms with E-state index in [1.807, 2.05) is 24.3 Å². The van der Waals surface area contributed by atoms with Crippen LogP contribution in [0.2, 0.25) is 0 Å². The highest BCUT2D eigenvalue weighted by molar-refractivity contribution is 7.98. The van der Waals surface area contributed by atoms with Gasteiger partial charge in [-0.1, -0.05) is 23.9 Å². The molecule has 9 nitrogen and oxygen atoms in total. The summed E-state index contributed by atoms with van der Waals surface area (Å²) in [6.45, 7) is 0. The number of methoxy groups -OCH3 is 3. The maximum absolute atomic E-state index is 13.0. The molecule has 0 bridgehead atoms. The molecule has 2 aromatic heterocycles. The number of aromatic nitrogens is 4. The Hall–Kier alpha value is -3.53. The first kappa shape index (κ1) is 21.3. The number of hydrogen-bond donors (Lipinski definition) is 0. The summed E-state index contributed by atoms with van der Waals surface area (Å²) in [5.41, 5.74) is 1.33. The normalized spacial score (nSPS) is 13.3. The number of benzene rings is 2. The van der Waals surface area contributed by atoms with Crippen molar-refractivity contribution >= 4 is 22.7 Å². The lowest BCUT2D eigenvalue weighted by molar-refractivity contribution is 0.324. The van der Waals surface area contributed by atoms with Crippen molar-refractivity contribution in [2.45, 2.75) is 29.8 Å². The van der Waals surface area contributed by atoms with E-state index < -0.39 is 0 Å². The first-order valence-electron chi connectivity index (χ1n) is 10.4. The fraction of sp³-hybridized carbons (Fsp3) is 0.304. The molecule has 0 atom stereocenters. The van der Waals surface area contributed by atoms with Crippen molar-refractivity contribution in [1.29, 1.82) is 0 Å². The lowest BCUT2D eigenvalue weighted by atomic mass is 10.2. The molecular formula is C23H22N4O5S. The van der Waals surface area contributed by atoms with Crippen molar-refractivity contribution in [3.63, 3.8) is 0 Å². The SMILES string of the molecule is COc1cc(-c2nnc(CSc3nc4ccccc4c(=O)n3C3CC3)o2)cc(OC)c1OC. The van der Waals surface area contributed by atoms with E-state index in [9.17, 15) is 4.79 Å². The van der Waals surface area contributed by atoms with E-state index in [1.165, 1.54) is 11.8 Å². The zero-order valence-corrected chi connectivity index (χ0v) is 19.2. The standard InChI is InChI=1S/C23H22N4O5S/c1-29-17-10-13(11-18(30-2)20(17)31-3)21-26-25-19(32-21)12-33-23-24-16-7-5-4-6-15(16)22(28)27(23)14-8-9-14/h4-7,10-11,14H,8-9,12H2,1-3H3. The van der Waals surface area contributed by atoms with Crippen LogP contribution in [0, 0.1) is 0 Å². The van der Waals surface area contributed by atoms with E-state index in [4.69, 9.17) is 23.6 Å². The fourth-order valence-corrected chi connectivity index (χ4v) is 4.54. The van der Waals surface area contributed by atoms with E-state index in [2.05, 4.69) is 10.2 Å². The minimum Gasteiger partial charge on any atom is -0.493 e. The molecule has 0 saturated heterocycles. The summed E-state index contributed by atoms with van der Waals surface area (Å²) < 4.78 is 23.8. The molecule has 10 heteroatoms. The lowest BCUT2D eigenvalue weighted by Crippen LogP contribution is -2.22. The number of thioether (sulfide) groups is 1. The zero-order valence-electron chi connectivity index (χ0n) is 18.4. The van der Waals surface area contributed by atoms with Gasteiger partial charge in [0.25, 0.3) is 5.56 Å². The van der Waals surface area contributed by atoms with Crippen LogP contribution in [0.15, 0.2) is 50.8 Å². The molecule has 1 aliphatic rings. The molecule has 4 aromatic rings. The van der Waals surface area contributed by atoms with Crippen LogP contribution in [0.1, 0.15) is 24.8 Å². The predicted octanol–water partition coefficient (Wildman–Crippen LogP) is 4.10. The summed E-state index contributed by atoms with van der Waals surface area (Å²) >= 11 is 1.41. The van der Waals surface area contributed by atoms with Crippen LogP contribution in [0.5, 0.6) is 17.2 Å². The van der Waals surface area contributed by atoms with Gasteiger partial charge in [-0.2, -0.15) is 0 Å². The van der Waals surface area contributed by atoms with E-state index >= 15 is 0 Å². The van der Waals surface area contributed by atoms with Gasteiger partial charge in [-0.15, -0.1) is 10.2 Å². The minimum atomic E-state index is -0.00533. The van der Waals surface area contributed by atoms with Crippen LogP contribution < -0.4 is 19.8 Å². The van der Waals surface area contributed by atoms with Gasteiger partial charge in [-0.25, -0.2) is 4.98 Å². The highest BCUT2D eigenvalue weighted by Gasteiger charge is 2.29. The second-order valence-corrected chi connectivity index (χ2v) is 8.46. The van der Waals surface area contributed by atoms with Crippen LogP contribution in [0.3, 0.4) is 0 Å². The average Bonchev–Trinajstić information content (AvgIpc) is 3.57. The van der Waals surface area contributed by atoms with Gasteiger partial charge in [0.1, 0.15) is 0 Å². The average molecular weight is 467 g/mol. The maximum Gasteiger partial charge on any atom is 0.262 e. The maximum atomic E-state index is 13.0.